The molecule has 0 saturated carbocycles. The average molecular weight is 510 g/mol. The van der Waals surface area contributed by atoms with Gasteiger partial charge in [0.1, 0.15) is 5.75 Å². The fourth-order valence-electron chi connectivity index (χ4n) is 3.45. The number of halogens is 2. The van der Waals surface area contributed by atoms with Crippen molar-refractivity contribution in [2.75, 3.05) is 50.8 Å². The van der Waals surface area contributed by atoms with Crippen molar-refractivity contribution in [3.05, 3.63) is 56.6 Å². The molecule has 0 spiro atoms. The molecule has 1 amide bonds. The van der Waals surface area contributed by atoms with Crippen LogP contribution in [0.4, 0.5) is 10.8 Å². The number of rotatable bonds is 8. The molecule has 1 aromatic heterocycles. The van der Waals surface area contributed by atoms with Crippen LogP contribution in [0.2, 0.25) is 10.0 Å². The number of hydrogen-bond acceptors (Lipinski definition) is 8. The highest BCUT2D eigenvalue weighted by atomic mass is 35.5. The van der Waals surface area contributed by atoms with Gasteiger partial charge in [-0.15, -0.1) is 0 Å². The van der Waals surface area contributed by atoms with Crippen LogP contribution >= 0.6 is 34.5 Å². The molecule has 4 rings (SSSR count). The Labute approximate surface area is 204 Å². The summed E-state index contributed by atoms with van der Waals surface area (Å²) in [6.07, 6.45) is 0. The number of fused-ring (bicyclic) bond motifs is 1. The number of carbonyl (C=O) groups is 1. The van der Waals surface area contributed by atoms with Gasteiger partial charge in [0.05, 0.1) is 20.2 Å². The Hall–Kier alpha value is -2.66. The van der Waals surface area contributed by atoms with Crippen molar-refractivity contribution in [1.29, 1.82) is 0 Å². The molecule has 0 aliphatic carbocycles. The summed E-state index contributed by atoms with van der Waals surface area (Å²) in [6, 6.07) is 9.58. The van der Waals surface area contributed by atoms with E-state index in [0.717, 1.165) is 48.1 Å². The Kier molecular flexibility index (Phi) is 7.49. The minimum Gasteiger partial charge on any atom is -0.482 e. The lowest BCUT2D eigenvalue weighted by Gasteiger charge is -2.34. The van der Waals surface area contributed by atoms with E-state index >= 15 is 0 Å². The first-order chi connectivity index (χ1) is 15.9. The van der Waals surface area contributed by atoms with Crippen molar-refractivity contribution in [1.82, 2.24) is 15.2 Å². The van der Waals surface area contributed by atoms with Crippen molar-refractivity contribution in [3.63, 3.8) is 0 Å². The molecule has 33 heavy (non-hydrogen) atoms. The van der Waals surface area contributed by atoms with Crippen LogP contribution in [0.25, 0.3) is 10.2 Å². The van der Waals surface area contributed by atoms with Gasteiger partial charge in [0.15, 0.2) is 11.7 Å². The van der Waals surface area contributed by atoms with E-state index in [2.05, 4.69) is 20.1 Å². The van der Waals surface area contributed by atoms with Crippen LogP contribution in [-0.2, 0) is 4.79 Å². The molecule has 1 N–H and O–H groups in total. The molecule has 2 heterocycles. The molecule has 1 fully saturated rings. The maximum Gasteiger partial charge on any atom is 0.270 e. The number of hydrogen-bond donors (Lipinski definition) is 1. The highest BCUT2D eigenvalue weighted by Gasteiger charge is 2.20. The molecule has 174 valence electrons. The highest BCUT2D eigenvalue weighted by molar-refractivity contribution is 7.22. The molecule has 2 aromatic carbocycles. The Morgan fingerprint density at radius 3 is 2.70 bits per heavy atom. The van der Waals surface area contributed by atoms with Crippen LogP contribution in [-0.4, -0.2) is 66.6 Å². The SMILES string of the molecule is O=C(COc1ccc(Cl)cc1Cl)NCCN1CCN(c2nc3ccc([N+](=O)[O-])cc3s2)CC1. The maximum absolute atomic E-state index is 12.0. The smallest absolute Gasteiger partial charge is 0.270 e. The fraction of sp³-hybridized carbons (Fsp3) is 0.333. The van der Waals surface area contributed by atoms with Crippen molar-refractivity contribution in [2.45, 2.75) is 0 Å². The number of thiazole rings is 1. The van der Waals surface area contributed by atoms with Gasteiger partial charge in [-0.1, -0.05) is 34.5 Å². The van der Waals surface area contributed by atoms with Crippen LogP contribution < -0.4 is 15.0 Å². The first-order valence-corrected chi connectivity index (χ1v) is 11.8. The Balaban J connectivity index is 1.19. The largest absolute Gasteiger partial charge is 0.482 e. The number of nitrogens with zero attached hydrogens (tertiary/aromatic N) is 4. The van der Waals surface area contributed by atoms with Crippen LogP contribution in [0.15, 0.2) is 36.4 Å². The number of nitrogens with one attached hydrogen (secondary N) is 1. The van der Waals surface area contributed by atoms with Gasteiger partial charge in [-0.25, -0.2) is 4.98 Å². The molecule has 1 saturated heterocycles. The second-order valence-corrected chi connectivity index (χ2v) is 9.30. The van der Waals surface area contributed by atoms with Crippen molar-refractivity contribution >= 4 is 61.5 Å². The summed E-state index contributed by atoms with van der Waals surface area (Å²) in [7, 11) is 0. The van der Waals surface area contributed by atoms with E-state index in [0.29, 0.717) is 22.3 Å². The quantitative estimate of drug-likeness (QED) is 0.363. The number of aromatic nitrogens is 1. The zero-order chi connectivity index (χ0) is 23.4. The van der Waals surface area contributed by atoms with Gasteiger partial charge < -0.3 is 15.0 Å². The van der Waals surface area contributed by atoms with Gasteiger partial charge in [-0.3, -0.25) is 19.8 Å². The second-order valence-electron chi connectivity index (χ2n) is 7.45. The van der Waals surface area contributed by atoms with E-state index in [1.54, 1.807) is 30.3 Å². The summed E-state index contributed by atoms with van der Waals surface area (Å²) in [5.74, 6) is 0.194. The predicted octanol–water partition coefficient (Wildman–Crippen LogP) is 3.83. The summed E-state index contributed by atoms with van der Waals surface area (Å²) in [6.45, 7) is 4.40. The molecule has 0 unspecified atom stereocenters. The number of nitro groups is 1. The molecule has 0 radical (unpaired) electrons. The van der Waals surface area contributed by atoms with Gasteiger partial charge in [-0.2, -0.15) is 0 Å². The van der Waals surface area contributed by atoms with Crippen molar-refractivity contribution in [3.8, 4) is 5.75 Å². The first kappa shape index (κ1) is 23.5. The van der Waals surface area contributed by atoms with Crippen molar-refractivity contribution in [2.24, 2.45) is 0 Å². The number of piperazine rings is 1. The predicted molar refractivity (Wildman–Crippen MR) is 130 cm³/mol. The minimum atomic E-state index is -0.394. The molecule has 0 bridgehead atoms. The van der Waals surface area contributed by atoms with Crippen LogP contribution in [0.5, 0.6) is 5.75 Å². The molecule has 3 aromatic rings. The fourth-order valence-corrected chi connectivity index (χ4v) is 4.97. The van der Waals surface area contributed by atoms with E-state index in [1.807, 2.05) is 0 Å². The number of anilines is 1. The van der Waals surface area contributed by atoms with E-state index in [4.69, 9.17) is 27.9 Å². The van der Waals surface area contributed by atoms with E-state index in [1.165, 1.54) is 17.4 Å². The molecule has 1 aliphatic heterocycles. The van der Waals surface area contributed by atoms with Gasteiger partial charge in [0.25, 0.3) is 11.6 Å². The number of benzene rings is 2. The number of nitro benzene ring substituents is 1. The molecular weight excluding hydrogens is 489 g/mol. The normalized spacial score (nSPS) is 14.4. The van der Waals surface area contributed by atoms with Gasteiger partial charge in [0.2, 0.25) is 0 Å². The van der Waals surface area contributed by atoms with Crippen LogP contribution in [0, 0.1) is 10.1 Å². The molecular formula is C21H21Cl2N5O4S. The lowest BCUT2D eigenvalue weighted by molar-refractivity contribution is -0.384. The van der Waals surface area contributed by atoms with E-state index in [-0.39, 0.29) is 18.2 Å². The summed E-state index contributed by atoms with van der Waals surface area (Å²) >= 11 is 13.4. The third-order valence-electron chi connectivity index (χ3n) is 5.22. The maximum atomic E-state index is 12.0. The topological polar surface area (TPSA) is 101 Å². The lowest BCUT2D eigenvalue weighted by Crippen LogP contribution is -2.48. The number of non-ortho nitro benzene ring substituents is 1. The van der Waals surface area contributed by atoms with E-state index < -0.39 is 4.92 Å². The monoisotopic (exact) mass is 509 g/mol. The summed E-state index contributed by atoms with van der Waals surface area (Å²) in [5.41, 5.74) is 0.846. The Morgan fingerprint density at radius 2 is 1.97 bits per heavy atom. The van der Waals surface area contributed by atoms with Crippen molar-refractivity contribution < 1.29 is 14.5 Å². The van der Waals surface area contributed by atoms with Crippen LogP contribution in [0.1, 0.15) is 0 Å². The zero-order valence-corrected chi connectivity index (χ0v) is 19.8. The second kappa shape index (κ2) is 10.5. The minimum absolute atomic E-state index is 0.0752. The third-order valence-corrected chi connectivity index (χ3v) is 6.83. The molecule has 0 atom stereocenters. The molecule has 1 aliphatic rings. The molecule has 12 heteroatoms. The van der Waals surface area contributed by atoms with Gasteiger partial charge in [-0.05, 0) is 24.3 Å². The first-order valence-electron chi connectivity index (χ1n) is 10.3. The Morgan fingerprint density at radius 1 is 1.18 bits per heavy atom. The number of carbonyl (C=O) groups excluding carboxylic acids is 1. The summed E-state index contributed by atoms with van der Waals surface area (Å²) < 4.78 is 6.25. The van der Waals surface area contributed by atoms with Crippen LogP contribution in [0.3, 0.4) is 0 Å². The van der Waals surface area contributed by atoms with Gasteiger partial charge in [0, 0.05) is 56.4 Å². The zero-order valence-electron chi connectivity index (χ0n) is 17.5. The number of ether oxygens (including phenoxy) is 1. The average Bonchev–Trinajstić information content (AvgIpc) is 3.22. The van der Waals surface area contributed by atoms with E-state index in [9.17, 15) is 14.9 Å². The summed E-state index contributed by atoms with van der Waals surface area (Å²) in [5, 5.41) is 15.6. The lowest BCUT2D eigenvalue weighted by atomic mass is 10.3. The highest BCUT2D eigenvalue weighted by Crippen LogP contribution is 2.32. The number of amides is 1. The van der Waals surface area contributed by atoms with Gasteiger partial charge >= 0.3 is 0 Å². The molecule has 9 nitrogen and oxygen atoms in total. The Bertz CT molecular complexity index is 1170. The standard InChI is InChI=1S/C21H21Cl2N5O4S/c22-14-1-4-18(16(23)11-14)32-13-20(29)24-5-6-26-7-9-27(10-8-26)21-25-17-3-2-15(28(30)31)12-19(17)33-21/h1-4,11-12H,5-10,13H2,(H,24,29). The third kappa shape index (κ3) is 6.02. The summed E-state index contributed by atoms with van der Waals surface area (Å²) in [4.78, 5) is 31.7.